The first-order valence-electron chi connectivity index (χ1n) is 4.36. The van der Waals surface area contributed by atoms with Gasteiger partial charge in [-0.05, 0) is 7.05 Å². The fraction of sp³-hybridized carbons (Fsp3) is 0.889. The molecule has 0 bridgehead atoms. The molecule has 1 aliphatic heterocycles. The van der Waals surface area contributed by atoms with E-state index >= 15 is 0 Å². The molecule has 0 atom stereocenters. The van der Waals surface area contributed by atoms with Crippen molar-refractivity contribution in [1.29, 1.82) is 0 Å². The van der Waals surface area contributed by atoms with Crippen LogP contribution in [0.1, 0.15) is 19.8 Å². The van der Waals surface area contributed by atoms with E-state index in [9.17, 15) is 8.78 Å². The monoisotopic (exact) mass is 188 g/mol. The second-order valence-corrected chi connectivity index (χ2v) is 3.84. The second kappa shape index (κ2) is 3.22. The molecule has 0 aromatic rings. The van der Waals surface area contributed by atoms with Crippen molar-refractivity contribution in [3.8, 4) is 0 Å². The summed E-state index contributed by atoms with van der Waals surface area (Å²) >= 11 is 0. The maximum Gasteiger partial charge on any atom is 0.321 e. The van der Waals surface area contributed by atoms with E-state index < -0.39 is 11.5 Å². The maximum absolute atomic E-state index is 13.2. The van der Waals surface area contributed by atoms with Crippen molar-refractivity contribution < 1.29 is 8.78 Å². The lowest BCUT2D eigenvalue weighted by Crippen LogP contribution is -2.50. The Bertz CT molecular complexity index is 219. The first-order valence-corrected chi connectivity index (χ1v) is 4.36. The molecule has 0 aliphatic carbocycles. The molecule has 1 aliphatic rings. The lowest BCUT2D eigenvalue weighted by molar-refractivity contribution is -0.0603. The van der Waals surface area contributed by atoms with Crippen molar-refractivity contribution >= 4 is 0 Å². The van der Waals surface area contributed by atoms with E-state index in [1.54, 1.807) is 0 Å². The number of likely N-dealkylation sites (tertiary alicyclic amines) is 1. The molecule has 0 N–H and O–H groups in total. The van der Waals surface area contributed by atoms with Crippen LogP contribution in [0.2, 0.25) is 0 Å². The molecule has 0 saturated carbocycles. The van der Waals surface area contributed by atoms with Gasteiger partial charge in [-0.1, -0.05) is 0 Å². The summed E-state index contributed by atoms with van der Waals surface area (Å²) < 4.78 is 26.3. The van der Waals surface area contributed by atoms with Gasteiger partial charge >= 0.3 is 5.92 Å². The van der Waals surface area contributed by atoms with Crippen molar-refractivity contribution in [3.05, 3.63) is 11.4 Å². The molecule has 0 aromatic heterocycles. The minimum Gasteiger partial charge on any atom is -0.306 e. The Hall–Kier alpha value is -0.690. The summed E-state index contributed by atoms with van der Waals surface area (Å²) in [7, 11) is 1.89. The van der Waals surface area contributed by atoms with Gasteiger partial charge in [0.2, 0.25) is 0 Å². The highest BCUT2D eigenvalue weighted by molar-refractivity contribution is 5.09. The zero-order valence-corrected chi connectivity index (χ0v) is 7.98. The first kappa shape index (κ1) is 10.4. The fourth-order valence-corrected chi connectivity index (χ4v) is 1.64. The lowest BCUT2D eigenvalue weighted by Gasteiger charge is -2.34. The highest BCUT2D eigenvalue weighted by atomic mass is 19.3. The average molecular weight is 188 g/mol. The van der Waals surface area contributed by atoms with Gasteiger partial charge in [-0.3, -0.25) is 0 Å². The summed E-state index contributed by atoms with van der Waals surface area (Å²) in [6.07, 6.45) is 0.549. The zero-order valence-electron chi connectivity index (χ0n) is 7.98. The van der Waals surface area contributed by atoms with Crippen LogP contribution in [0.15, 0.2) is 0 Å². The molecule has 1 fully saturated rings. The van der Waals surface area contributed by atoms with Crippen LogP contribution in [-0.4, -0.2) is 36.5 Å². The van der Waals surface area contributed by atoms with Gasteiger partial charge < -0.3 is 9.74 Å². The van der Waals surface area contributed by atoms with Gasteiger partial charge in [0, 0.05) is 32.9 Å². The van der Waals surface area contributed by atoms with Crippen LogP contribution in [0, 0.1) is 6.57 Å². The SMILES string of the molecule is [C-]#[N+]C1(C(C)(F)F)CCN(C)CC1. The Morgan fingerprint density at radius 3 is 2.15 bits per heavy atom. The summed E-state index contributed by atoms with van der Waals surface area (Å²) in [5.74, 6) is -2.88. The Morgan fingerprint density at radius 2 is 1.85 bits per heavy atom. The van der Waals surface area contributed by atoms with Crippen molar-refractivity contribution in [1.82, 2.24) is 4.90 Å². The van der Waals surface area contributed by atoms with Crippen LogP contribution in [-0.2, 0) is 0 Å². The van der Waals surface area contributed by atoms with E-state index in [1.165, 1.54) is 0 Å². The van der Waals surface area contributed by atoms with E-state index in [1.807, 2.05) is 11.9 Å². The zero-order chi connectivity index (χ0) is 10.1. The van der Waals surface area contributed by atoms with Crippen LogP contribution in [0.5, 0.6) is 0 Å². The van der Waals surface area contributed by atoms with Gasteiger partial charge in [0.15, 0.2) is 0 Å². The molecule has 4 heteroatoms. The van der Waals surface area contributed by atoms with E-state index in [0.29, 0.717) is 13.1 Å². The highest BCUT2D eigenvalue weighted by Crippen LogP contribution is 2.40. The molecule has 0 unspecified atom stereocenters. The van der Waals surface area contributed by atoms with Crippen molar-refractivity contribution in [2.75, 3.05) is 20.1 Å². The number of hydrogen-bond acceptors (Lipinski definition) is 1. The van der Waals surface area contributed by atoms with E-state index in [4.69, 9.17) is 6.57 Å². The summed E-state index contributed by atoms with van der Waals surface area (Å²) in [6, 6.07) is 0. The Morgan fingerprint density at radius 1 is 1.38 bits per heavy atom. The summed E-state index contributed by atoms with van der Waals surface area (Å²) in [5.41, 5.74) is -1.44. The third-order valence-electron chi connectivity index (χ3n) is 2.85. The normalized spacial score (nSPS) is 23.9. The third kappa shape index (κ3) is 1.80. The van der Waals surface area contributed by atoms with E-state index in [2.05, 4.69) is 4.85 Å². The molecule has 0 radical (unpaired) electrons. The largest absolute Gasteiger partial charge is 0.321 e. The molecule has 74 valence electrons. The molecule has 0 spiro atoms. The van der Waals surface area contributed by atoms with Crippen molar-refractivity contribution in [2.24, 2.45) is 0 Å². The van der Waals surface area contributed by atoms with E-state index in [-0.39, 0.29) is 12.8 Å². The molecule has 1 saturated heterocycles. The Labute approximate surface area is 77.3 Å². The second-order valence-electron chi connectivity index (χ2n) is 3.84. The van der Waals surface area contributed by atoms with Gasteiger partial charge in [0.05, 0.1) is 0 Å². The molecule has 13 heavy (non-hydrogen) atoms. The van der Waals surface area contributed by atoms with Gasteiger partial charge in [-0.15, -0.1) is 0 Å². The minimum atomic E-state index is -2.88. The first-order chi connectivity index (χ1) is 5.91. The maximum atomic E-state index is 13.2. The smallest absolute Gasteiger partial charge is 0.306 e. The number of halogens is 2. The van der Waals surface area contributed by atoms with Crippen molar-refractivity contribution in [3.63, 3.8) is 0 Å². The van der Waals surface area contributed by atoms with Gasteiger partial charge in [-0.2, -0.15) is 8.78 Å². The minimum absolute atomic E-state index is 0.274. The average Bonchev–Trinajstić information content (AvgIpc) is 2.04. The number of alkyl halides is 2. The van der Waals surface area contributed by atoms with Crippen LogP contribution in [0.3, 0.4) is 0 Å². The van der Waals surface area contributed by atoms with Gasteiger partial charge in [0.25, 0.3) is 5.54 Å². The predicted molar refractivity (Wildman–Crippen MR) is 46.7 cm³/mol. The molecule has 0 aromatic carbocycles. The standard InChI is InChI=1S/C9H14F2N2/c1-8(10,11)9(12-2)4-6-13(3)7-5-9/h4-7H2,1,3H3. The van der Waals surface area contributed by atoms with Gasteiger partial charge in [0.1, 0.15) is 0 Å². The molecule has 1 rings (SSSR count). The number of hydrogen-bond donors (Lipinski definition) is 0. The molecule has 2 nitrogen and oxygen atoms in total. The van der Waals surface area contributed by atoms with Crippen LogP contribution < -0.4 is 0 Å². The van der Waals surface area contributed by atoms with Crippen LogP contribution in [0.25, 0.3) is 4.85 Å². The summed E-state index contributed by atoms with van der Waals surface area (Å²) in [5, 5.41) is 0. The number of rotatable bonds is 1. The van der Waals surface area contributed by atoms with E-state index in [0.717, 1.165) is 6.92 Å². The molecular weight excluding hydrogens is 174 g/mol. The molecular formula is C9H14F2N2. The summed E-state index contributed by atoms with van der Waals surface area (Å²) in [6.45, 7) is 8.93. The lowest BCUT2D eigenvalue weighted by atomic mass is 9.83. The highest BCUT2D eigenvalue weighted by Gasteiger charge is 2.57. The molecule has 1 heterocycles. The quantitative estimate of drug-likeness (QED) is 0.571. The molecule has 0 amide bonds. The third-order valence-corrected chi connectivity index (χ3v) is 2.85. The Kier molecular flexibility index (Phi) is 2.58. The topological polar surface area (TPSA) is 7.60 Å². The van der Waals surface area contributed by atoms with Crippen LogP contribution >= 0.6 is 0 Å². The number of nitrogens with zero attached hydrogens (tertiary/aromatic N) is 2. The predicted octanol–water partition coefficient (Wildman–Crippen LogP) is 2.03. The van der Waals surface area contributed by atoms with Crippen LogP contribution in [0.4, 0.5) is 8.78 Å². The fourth-order valence-electron chi connectivity index (χ4n) is 1.64. The van der Waals surface area contributed by atoms with Crippen molar-refractivity contribution in [2.45, 2.75) is 31.2 Å². The Balaban J connectivity index is 2.80. The summed E-state index contributed by atoms with van der Waals surface area (Å²) in [4.78, 5) is 5.14. The number of piperidine rings is 1. The van der Waals surface area contributed by atoms with Gasteiger partial charge in [-0.25, -0.2) is 6.57 Å².